The van der Waals surface area contributed by atoms with Crippen LogP contribution in [-0.2, 0) is 11.3 Å². The number of rotatable bonds is 4. The van der Waals surface area contributed by atoms with Crippen molar-refractivity contribution < 1.29 is 14.6 Å². The normalized spacial score (nSPS) is 10.4. The zero-order valence-electron chi connectivity index (χ0n) is 9.20. The number of para-hydroxylation sites is 1. The maximum Gasteiger partial charge on any atom is 0.356 e. The molecule has 0 aliphatic carbocycles. The fourth-order valence-corrected chi connectivity index (χ4v) is 1.51. The Balaban J connectivity index is 2.52. The summed E-state index contributed by atoms with van der Waals surface area (Å²) >= 11 is 0. The van der Waals surface area contributed by atoms with E-state index >= 15 is 0 Å². The average molecular weight is 233 g/mol. The number of carbonyl (C=O) groups is 1. The molecule has 6 heteroatoms. The number of carboxylic acids is 1. The molecule has 0 aliphatic rings. The lowest BCUT2D eigenvalue weighted by atomic mass is 10.3. The summed E-state index contributed by atoms with van der Waals surface area (Å²) in [6.07, 6.45) is 0. The van der Waals surface area contributed by atoms with Crippen LogP contribution in [0.4, 0.5) is 0 Å². The predicted octanol–water partition coefficient (Wildman–Crippen LogP) is 1.11. The van der Waals surface area contributed by atoms with E-state index in [1.807, 2.05) is 6.07 Å². The fraction of sp³-hybridized carbons (Fsp3) is 0.182. The third kappa shape index (κ3) is 2.16. The van der Waals surface area contributed by atoms with Gasteiger partial charge in [0.15, 0.2) is 5.69 Å². The summed E-state index contributed by atoms with van der Waals surface area (Å²) in [5, 5.41) is 16.8. The van der Waals surface area contributed by atoms with Gasteiger partial charge in [-0.3, -0.25) is 0 Å². The van der Waals surface area contributed by atoms with Crippen LogP contribution in [0.2, 0.25) is 0 Å². The first-order valence-electron chi connectivity index (χ1n) is 4.96. The van der Waals surface area contributed by atoms with Crippen molar-refractivity contribution in [3.05, 3.63) is 41.7 Å². The van der Waals surface area contributed by atoms with Crippen LogP contribution in [0.5, 0.6) is 0 Å². The minimum atomic E-state index is -1.08. The van der Waals surface area contributed by atoms with Crippen molar-refractivity contribution in [3.63, 3.8) is 0 Å². The van der Waals surface area contributed by atoms with Crippen LogP contribution in [0.1, 0.15) is 16.2 Å². The molecule has 6 nitrogen and oxygen atoms in total. The van der Waals surface area contributed by atoms with E-state index in [0.29, 0.717) is 11.4 Å². The van der Waals surface area contributed by atoms with Gasteiger partial charge in [-0.15, -0.1) is 5.10 Å². The molecule has 0 atom stereocenters. The molecule has 0 aliphatic heterocycles. The summed E-state index contributed by atoms with van der Waals surface area (Å²) in [7, 11) is 1.48. The molecular formula is C11H11N3O3. The van der Waals surface area contributed by atoms with Gasteiger partial charge in [0.1, 0.15) is 5.69 Å². The fourth-order valence-electron chi connectivity index (χ4n) is 1.51. The smallest absolute Gasteiger partial charge is 0.356 e. The highest BCUT2D eigenvalue weighted by Crippen LogP contribution is 2.13. The lowest BCUT2D eigenvalue weighted by Gasteiger charge is -2.03. The van der Waals surface area contributed by atoms with Gasteiger partial charge in [-0.25, -0.2) is 9.48 Å². The second-order valence-corrected chi connectivity index (χ2v) is 3.37. The number of nitrogens with zero attached hydrogens (tertiary/aromatic N) is 3. The summed E-state index contributed by atoms with van der Waals surface area (Å²) < 4.78 is 6.18. The number of aromatic nitrogens is 3. The Labute approximate surface area is 97.4 Å². The van der Waals surface area contributed by atoms with Crippen LogP contribution in [0.15, 0.2) is 30.3 Å². The van der Waals surface area contributed by atoms with Gasteiger partial charge in [-0.2, -0.15) is 0 Å². The second-order valence-electron chi connectivity index (χ2n) is 3.37. The molecule has 2 aromatic rings. The Hall–Kier alpha value is -2.21. The molecule has 88 valence electrons. The molecule has 17 heavy (non-hydrogen) atoms. The van der Waals surface area contributed by atoms with Gasteiger partial charge in [0.25, 0.3) is 0 Å². The summed E-state index contributed by atoms with van der Waals surface area (Å²) in [5.74, 6) is -1.08. The maximum atomic E-state index is 11.2. The Bertz CT molecular complexity index is 522. The molecule has 0 amide bonds. The summed E-state index contributed by atoms with van der Waals surface area (Å²) in [5.41, 5.74) is 0.988. The zero-order valence-corrected chi connectivity index (χ0v) is 9.20. The Morgan fingerprint density at radius 1 is 1.41 bits per heavy atom. The van der Waals surface area contributed by atoms with Crippen molar-refractivity contribution in [3.8, 4) is 5.69 Å². The van der Waals surface area contributed by atoms with E-state index in [2.05, 4.69) is 10.3 Å². The van der Waals surface area contributed by atoms with Gasteiger partial charge in [0.05, 0.1) is 12.3 Å². The van der Waals surface area contributed by atoms with E-state index in [-0.39, 0.29) is 12.3 Å². The first-order chi connectivity index (χ1) is 8.24. The first kappa shape index (κ1) is 11.3. The molecule has 0 saturated heterocycles. The van der Waals surface area contributed by atoms with E-state index in [0.717, 1.165) is 0 Å². The monoisotopic (exact) mass is 233 g/mol. The van der Waals surface area contributed by atoms with Gasteiger partial charge in [-0.05, 0) is 12.1 Å². The number of carboxylic acid groups (broad SMARTS) is 1. The Morgan fingerprint density at radius 2 is 2.12 bits per heavy atom. The topological polar surface area (TPSA) is 77.2 Å². The third-order valence-corrected chi connectivity index (χ3v) is 2.22. The van der Waals surface area contributed by atoms with Crippen molar-refractivity contribution in [2.24, 2.45) is 0 Å². The lowest BCUT2D eigenvalue weighted by molar-refractivity contribution is 0.0681. The summed E-state index contributed by atoms with van der Waals surface area (Å²) in [4.78, 5) is 11.2. The number of aromatic carboxylic acids is 1. The van der Waals surface area contributed by atoms with Crippen molar-refractivity contribution in [2.75, 3.05) is 7.11 Å². The largest absolute Gasteiger partial charge is 0.476 e. The zero-order chi connectivity index (χ0) is 12.3. The highest BCUT2D eigenvalue weighted by atomic mass is 16.5. The molecule has 1 heterocycles. The van der Waals surface area contributed by atoms with Crippen LogP contribution in [0, 0.1) is 0 Å². The number of benzene rings is 1. The number of methoxy groups -OCH3 is 1. The standard InChI is InChI=1S/C11H11N3O3/c1-17-7-9-10(11(15)16)14(13-12-9)8-5-3-2-4-6-8/h2-6H,7H2,1H3,(H,15,16). The van der Waals surface area contributed by atoms with E-state index in [9.17, 15) is 4.79 Å². The van der Waals surface area contributed by atoms with Crippen molar-refractivity contribution in [1.29, 1.82) is 0 Å². The van der Waals surface area contributed by atoms with E-state index in [1.165, 1.54) is 11.8 Å². The molecule has 1 N–H and O–H groups in total. The number of hydrogen-bond acceptors (Lipinski definition) is 4. The van der Waals surface area contributed by atoms with Crippen LogP contribution in [0.25, 0.3) is 5.69 Å². The Kier molecular flexibility index (Phi) is 3.15. The van der Waals surface area contributed by atoms with Gasteiger partial charge >= 0.3 is 5.97 Å². The second kappa shape index (κ2) is 4.75. The van der Waals surface area contributed by atoms with Gasteiger partial charge < -0.3 is 9.84 Å². The summed E-state index contributed by atoms with van der Waals surface area (Å²) in [6.45, 7) is 0.120. The molecular weight excluding hydrogens is 222 g/mol. The lowest BCUT2D eigenvalue weighted by Crippen LogP contribution is -2.10. The molecule has 1 aromatic carbocycles. The third-order valence-electron chi connectivity index (χ3n) is 2.22. The molecule has 0 saturated carbocycles. The predicted molar refractivity (Wildman–Crippen MR) is 59.0 cm³/mol. The SMILES string of the molecule is COCc1nnn(-c2ccccc2)c1C(=O)O. The molecule has 1 aromatic heterocycles. The summed E-state index contributed by atoms with van der Waals surface area (Å²) in [6, 6.07) is 8.98. The Morgan fingerprint density at radius 3 is 2.71 bits per heavy atom. The van der Waals surface area contributed by atoms with Gasteiger partial charge in [0.2, 0.25) is 0 Å². The van der Waals surface area contributed by atoms with Crippen LogP contribution in [0.3, 0.4) is 0 Å². The van der Waals surface area contributed by atoms with E-state index < -0.39 is 5.97 Å². The molecule has 0 fully saturated rings. The molecule has 0 unspecified atom stereocenters. The highest BCUT2D eigenvalue weighted by molar-refractivity contribution is 5.87. The van der Waals surface area contributed by atoms with Crippen LogP contribution < -0.4 is 0 Å². The molecule has 0 spiro atoms. The van der Waals surface area contributed by atoms with Crippen molar-refractivity contribution in [1.82, 2.24) is 15.0 Å². The molecule has 2 rings (SSSR count). The molecule has 0 radical (unpaired) electrons. The van der Waals surface area contributed by atoms with Crippen LogP contribution >= 0.6 is 0 Å². The van der Waals surface area contributed by atoms with Gasteiger partial charge in [0, 0.05) is 7.11 Å². The maximum absolute atomic E-state index is 11.2. The average Bonchev–Trinajstić information content (AvgIpc) is 2.74. The molecule has 0 bridgehead atoms. The minimum absolute atomic E-state index is 0.0260. The highest BCUT2D eigenvalue weighted by Gasteiger charge is 2.20. The van der Waals surface area contributed by atoms with Gasteiger partial charge in [-0.1, -0.05) is 23.4 Å². The number of ether oxygens (including phenoxy) is 1. The van der Waals surface area contributed by atoms with Crippen LogP contribution in [-0.4, -0.2) is 33.2 Å². The number of hydrogen-bond donors (Lipinski definition) is 1. The van der Waals surface area contributed by atoms with Crippen molar-refractivity contribution >= 4 is 5.97 Å². The van der Waals surface area contributed by atoms with Crippen molar-refractivity contribution in [2.45, 2.75) is 6.61 Å². The van der Waals surface area contributed by atoms with E-state index in [4.69, 9.17) is 9.84 Å². The minimum Gasteiger partial charge on any atom is -0.476 e. The first-order valence-corrected chi connectivity index (χ1v) is 4.96. The van der Waals surface area contributed by atoms with E-state index in [1.54, 1.807) is 24.3 Å². The quantitative estimate of drug-likeness (QED) is 0.855.